The van der Waals surface area contributed by atoms with Crippen molar-refractivity contribution in [2.45, 2.75) is 32.3 Å². The van der Waals surface area contributed by atoms with Crippen LogP contribution in [-0.4, -0.2) is 23.1 Å². The van der Waals surface area contributed by atoms with E-state index in [1.165, 1.54) is 0 Å². The maximum Gasteiger partial charge on any atom is 0.303 e. The molecule has 0 aliphatic carbocycles. The van der Waals surface area contributed by atoms with Crippen LogP contribution >= 0.6 is 11.6 Å². The van der Waals surface area contributed by atoms with Gasteiger partial charge in [-0.15, -0.1) is 0 Å². The Hall–Kier alpha value is -2.53. The SMILES string of the molecule is CCC(Oc1ccccc1Cl)C(=O)Nc1ccc(CCC(=O)O)cc1. The van der Waals surface area contributed by atoms with Crippen molar-refractivity contribution in [2.24, 2.45) is 0 Å². The van der Waals surface area contributed by atoms with Crippen molar-refractivity contribution in [1.82, 2.24) is 0 Å². The third-order valence-electron chi connectivity index (χ3n) is 3.62. The number of amides is 1. The molecule has 0 radical (unpaired) electrons. The van der Waals surface area contributed by atoms with Crippen LogP contribution < -0.4 is 10.1 Å². The summed E-state index contributed by atoms with van der Waals surface area (Å²) in [5.74, 6) is -0.629. The fourth-order valence-corrected chi connectivity index (χ4v) is 2.42. The van der Waals surface area contributed by atoms with Crippen LogP contribution in [0.3, 0.4) is 0 Å². The van der Waals surface area contributed by atoms with Crippen molar-refractivity contribution < 1.29 is 19.4 Å². The minimum absolute atomic E-state index is 0.0787. The Morgan fingerprint density at radius 3 is 2.44 bits per heavy atom. The third kappa shape index (κ3) is 5.80. The lowest BCUT2D eigenvalue weighted by molar-refractivity contribution is -0.137. The van der Waals surface area contributed by atoms with Crippen LogP contribution in [0.15, 0.2) is 48.5 Å². The van der Waals surface area contributed by atoms with Gasteiger partial charge in [0.2, 0.25) is 0 Å². The lowest BCUT2D eigenvalue weighted by atomic mass is 10.1. The van der Waals surface area contributed by atoms with E-state index in [4.69, 9.17) is 21.4 Å². The number of halogens is 1. The minimum atomic E-state index is -0.833. The van der Waals surface area contributed by atoms with Gasteiger partial charge in [-0.1, -0.05) is 42.8 Å². The number of benzene rings is 2. The number of carbonyl (C=O) groups excluding carboxylic acids is 1. The van der Waals surface area contributed by atoms with E-state index in [0.29, 0.717) is 29.3 Å². The number of ether oxygens (including phenoxy) is 1. The number of carboxylic acids is 1. The number of anilines is 1. The maximum atomic E-state index is 12.4. The van der Waals surface area contributed by atoms with Crippen LogP contribution in [0, 0.1) is 0 Å². The second-order valence-electron chi connectivity index (χ2n) is 5.53. The molecule has 6 heteroatoms. The number of hydrogen-bond acceptors (Lipinski definition) is 3. The number of rotatable bonds is 8. The lowest BCUT2D eigenvalue weighted by Gasteiger charge is -2.18. The molecule has 25 heavy (non-hydrogen) atoms. The first-order valence-corrected chi connectivity index (χ1v) is 8.40. The van der Waals surface area contributed by atoms with Crippen LogP contribution in [0.4, 0.5) is 5.69 Å². The van der Waals surface area contributed by atoms with Gasteiger partial charge >= 0.3 is 5.97 Å². The summed E-state index contributed by atoms with van der Waals surface area (Å²) in [6.07, 6.45) is 0.367. The van der Waals surface area contributed by atoms with Crippen LogP contribution in [0.1, 0.15) is 25.3 Å². The van der Waals surface area contributed by atoms with Crippen molar-refractivity contribution in [2.75, 3.05) is 5.32 Å². The minimum Gasteiger partial charge on any atom is -0.481 e. The van der Waals surface area contributed by atoms with E-state index < -0.39 is 12.1 Å². The van der Waals surface area contributed by atoms with Crippen molar-refractivity contribution in [3.8, 4) is 5.75 Å². The fourth-order valence-electron chi connectivity index (χ4n) is 2.24. The van der Waals surface area contributed by atoms with Crippen LogP contribution in [0.5, 0.6) is 5.75 Å². The summed E-state index contributed by atoms with van der Waals surface area (Å²) in [5.41, 5.74) is 1.53. The predicted molar refractivity (Wildman–Crippen MR) is 97.2 cm³/mol. The lowest BCUT2D eigenvalue weighted by Crippen LogP contribution is -2.32. The number of aryl methyl sites for hydroxylation is 1. The summed E-state index contributed by atoms with van der Waals surface area (Å²) < 4.78 is 5.71. The Morgan fingerprint density at radius 1 is 1.16 bits per heavy atom. The highest BCUT2D eigenvalue weighted by Crippen LogP contribution is 2.25. The Bertz CT molecular complexity index is 730. The summed E-state index contributed by atoms with van der Waals surface area (Å²) in [4.78, 5) is 23.0. The molecule has 1 unspecified atom stereocenters. The first kappa shape index (κ1) is 18.8. The molecule has 2 aromatic carbocycles. The van der Waals surface area contributed by atoms with E-state index in [0.717, 1.165) is 5.56 Å². The van der Waals surface area contributed by atoms with E-state index in [1.807, 2.05) is 6.92 Å². The molecule has 5 nitrogen and oxygen atoms in total. The number of para-hydroxylation sites is 1. The number of aliphatic carboxylic acids is 1. The number of nitrogens with one attached hydrogen (secondary N) is 1. The van der Waals surface area contributed by atoms with Gasteiger partial charge in [0.05, 0.1) is 5.02 Å². The van der Waals surface area contributed by atoms with E-state index in [-0.39, 0.29) is 12.3 Å². The fraction of sp³-hybridized carbons (Fsp3) is 0.263. The number of hydrogen-bond donors (Lipinski definition) is 2. The molecule has 1 amide bonds. The molecule has 0 heterocycles. The van der Waals surface area contributed by atoms with Gasteiger partial charge in [-0.3, -0.25) is 9.59 Å². The second kappa shape index (κ2) is 9.08. The molecular formula is C19H20ClNO4. The molecule has 2 N–H and O–H groups in total. The molecule has 2 aromatic rings. The average Bonchev–Trinajstić information content (AvgIpc) is 2.60. The Labute approximate surface area is 151 Å². The number of carboxylic acid groups (broad SMARTS) is 1. The van der Waals surface area contributed by atoms with Gasteiger partial charge in [-0.25, -0.2) is 0 Å². The third-order valence-corrected chi connectivity index (χ3v) is 3.93. The van der Waals surface area contributed by atoms with Crippen LogP contribution in [0.2, 0.25) is 5.02 Å². The smallest absolute Gasteiger partial charge is 0.303 e. The highest BCUT2D eigenvalue weighted by Gasteiger charge is 2.19. The first-order chi connectivity index (χ1) is 12.0. The predicted octanol–water partition coefficient (Wildman–Crippen LogP) is 4.15. The summed E-state index contributed by atoms with van der Waals surface area (Å²) in [6, 6.07) is 14.1. The van der Waals surface area contributed by atoms with Crippen molar-refractivity contribution in [3.05, 3.63) is 59.1 Å². The zero-order chi connectivity index (χ0) is 18.2. The van der Waals surface area contributed by atoms with E-state index in [9.17, 15) is 9.59 Å². The van der Waals surface area contributed by atoms with Crippen molar-refractivity contribution in [1.29, 1.82) is 0 Å². The zero-order valence-corrected chi connectivity index (χ0v) is 14.6. The van der Waals surface area contributed by atoms with Gasteiger partial charge in [0.1, 0.15) is 5.75 Å². The Kier molecular flexibility index (Phi) is 6.83. The highest BCUT2D eigenvalue weighted by molar-refractivity contribution is 6.32. The van der Waals surface area contributed by atoms with Crippen LogP contribution in [0.25, 0.3) is 0 Å². The molecule has 0 bridgehead atoms. The maximum absolute atomic E-state index is 12.4. The van der Waals surface area contributed by atoms with Gasteiger partial charge in [0, 0.05) is 12.1 Å². The molecule has 1 atom stereocenters. The van der Waals surface area contributed by atoms with Gasteiger partial charge in [0.15, 0.2) is 6.10 Å². The van der Waals surface area contributed by atoms with E-state index in [1.54, 1.807) is 48.5 Å². The van der Waals surface area contributed by atoms with Gasteiger partial charge in [0.25, 0.3) is 5.91 Å². The second-order valence-corrected chi connectivity index (χ2v) is 5.93. The quantitative estimate of drug-likeness (QED) is 0.740. The molecule has 0 aliphatic heterocycles. The monoisotopic (exact) mass is 361 g/mol. The normalized spacial score (nSPS) is 11.6. The summed E-state index contributed by atoms with van der Waals surface area (Å²) >= 11 is 6.06. The average molecular weight is 362 g/mol. The zero-order valence-electron chi connectivity index (χ0n) is 13.9. The highest BCUT2D eigenvalue weighted by atomic mass is 35.5. The van der Waals surface area contributed by atoms with E-state index >= 15 is 0 Å². The molecule has 2 rings (SSSR count). The Balaban J connectivity index is 1.97. The van der Waals surface area contributed by atoms with E-state index in [2.05, 4.69) is 5.32 Å². The Morgan fingerprint density at radius 2 is 1.84 bits per heavy atom. The molecule has 0 aliphatic rings. The summed E-state index contributed by atoms with van der Waals surface area (Å²) in [6.45, 7) is 1.86. The van der Waals surface area contributed by atoms with Gasteiger partial charge < -0.3 is 15.2 Å². The molecule has 132 valence electrons. The molecule has 0 spiro atoms. The van der Waals surface area contributed by atoms with Crippen LogP contribution in [-0.2, 0) is 16.0 Å². The molecule has 0 saturated heterocycles. The molecule has 0 fully saturated rings. The first-order valence-electron chi connectivity index (χ1n) is 8.02. The largest absolute Gasteiger partial charge is 0.481 e. The topological polar surface area (TPSA) is 75.6 Å². The molecular weight excluding hydrogens is 342 g/mol. The summed E-state index contributed by atoms with van der Waals surface area (Å²) in [7, 11) is 0. The van der Waals surface area contributed by atoms with Crippen molar-refractivity contribution >= 4 is 29.2 Å². The molecule has 0 aromatic heterocycles. The summed E-state index contributed by atoms with van der Waals surface area (Å²) in [5, 5.41) is 12.0. The van der Waals surface area contributed by atoms with Crippen molar-refractivity contribution in [3.63, 3.8) is 0 Å². The molecule has 0 saturated carbocycles. The number of carbonyl (C=O) groups is 2. The van der Waals surface area contributed by atoms with Gasteiger partial charge in [-0.05, 0) is 42.7 Å². The standard InChI is InChI=1S/C19H20ClNO4/c1-2-16(25-17-6-4-3-5-15(17)20)19(24)21-14-10-7-13(8-11-14)9-12-18(22)23/h3-8,10-11,16H,2,9,12H2,1H3,(H,21,24)(H,22,23). The van der Waals surface area contributed by atoms with Gasteiger partial charge in [-0.2, -0.15) is 0 Å².